The first kappa shape index (κ1) is 53.4. The molecular formula is C90H57N7. The SMILES string of the molecule is c1ccc(-n2c3ccccc3c3c4c5ccccc5n(-c5ccc(N(c6ccc(-n7c8ccccc8c8c9c%10ccccc%10n(-c%10ccccc%10)c9ccc87)cc6)c6ccc(-n7c8ccccc8c8c9c%10ccccc%10n(-c%10ccccc%10)c9ccc87)cc6)cc5)c4ccc32)cc1. The summed E-state index contributed by atoms with van der Waals surface area (Å²) in [6.45, 7) is 0. The van der Waals surface area contributed by atoms with Gasteiger partial charge in [0.25, 0.3) is 0 Å². The fraction of sp³-hybridized carbons (Fsp3) is 0. The maximum atomic E-state index is 2.45. The van der Waals surface area contributed by atoms with E-state index in [2.05, 4.69) is 378 Å². The third-order valence-corrected chi connectivity index (χ3v) is 20.6. The van der Waals surface area contributed by atoms with Gasteiger partial charge in [0.2, 0.25) is 0 Å². The highest BCUT2D eigenvalue weighted by Crippen LogP contribution is 2.48. The molecule has 97 heavy (non-hydrogen) atoms. The molecular weight excluding hydrogens is 1180 g/mol. The number of fused-ring (bicyclic) bond motifs is 21. The largest absolute Gasteiger partial charge is 0.310 e. The van der Waals surface area contributed by atoms with E-state index in [0.717, 1.165) is 67.7 Å². The van der Waals surface area contributed by atoms with Crippen LogP contribution in [0.5, 0.6) is 0 Å². The maximum Gasteiger partial charge on any atom is 0.0548 e. The molecule has 452 valence electrons. The van der Waals surface area contributed by atoms with Gasteiger partial charge in [0.1, 0.15) is 0 Å². The summed E-state index contributed by atoms with van der Waals surface area (Å²) < 4.78 is 14.6. The van der Waals surface area contributed by atoms with Gasteiger partial charge in [0.15, 0.2) is 0 Å². The van der Waals surface area contributed by atoms with Crippen molar-refractivity contribution in [3.63, 3.8) is 0 Å². The minimum atomic E-state index is 1.04. The highest BCUT2D eigenvalue weighted by atomic mass is 15.1. The predicted octanol–water partition coefficient (Wildman–Crippen LogP) is 23.7. The summed E-state index contributed by atoms with van der Waals surface area (Å²) in [5.74, 6) is 0. The summed E-state index contributed by atoms with van der Waals surface area (Å²) in [5.41, 5.74) is 24.0. The molecule has 0 N–H and O–H groups in total. The zero-order valence-electron chi connectivity index (χ0n) is 52.5. The second-order valence-corrected chi connectivity index (χ2v) is 25.6. The van der Waals surface area contributed by atoms with Crippen LogP contribution in [0.15, 0.2) is 346 Å². The number of nitrogens with zero attached hydrogens (tertiary/aromatic N) is 7. The minimum absolute atomic E-state index is 1.04. The summed E-state index contributed by atoms with van der Waals surface area (Å²) in [6, 6.07) is 127. The van der Waals surface area contributed by atoms with E-state index in [9.17, 15) is 0 Å². The highest BCUT2D eigenvalue weighted by molar-refractivity contribution is 6.31. The summed E-state index contributed by atoms with van der Waals surface area (Å²) >= 11 is 0. The molecule has 7 heteroatoms. The van der Waals surface area contributed by atoms with E-state index in [4.69, 9.17) is 0 Å². The quantitative estimate of drug-likeness (QED) is 0.142. The van der Waals surface area contributed by atoms with Crippen LogP contribution in [0.2, 0.25) is 0 Å². The molecule has 0 aliphatic heterocycles. The molecule has 0 saturated heterocycles. The van der Waals surface area contributed by atoms with Crippen LogP contribution in [0.3, 0.4) is 0 Å². The molecule has 0 spiro atoms. The molecule has 6 aromatic heterocycles. The van der Waals surface area contributed by atoms with Crippen LogP contribution in [0.25, 0.3) is 165 Å². The van der Waals surface area contributed by atoms with Crippen molar-refractivity contribution in [3.8, 4) is 34.1 Å². The van der Waals surface area contributed by atoms with Crippen LogP contribution in [0.1, 0.15) is 0 Å². The van der Waals surface area contributed by atoms with Crippen molar-refractivity contribution in [3.05, 3.63) is 346 Å². The molecule has 21 rings (SSSR count). The topological polar surface area (TPSA) is 32.8 Å². The van der Waals surface area contributed by atoms with Crippen molar-refractivity contribution < 1.29 is 0 Å². The average molecular weight is 1240 g/mol. The lowest BCUT2D eigenvalue weighted by Crippen LogP contribution is -2.10. The predicted molar refractivity (Wildman–Crippen MR) is 407 cm³/mol. The van der Waals surface area contributed by atoms with E-state index in [0.29, 0.717) is 0 Å². The van der Waals surface area contributed by atoms with E-state index >= 15 is 0 Å². The molecule has 0 aliphatic rings. The molecule has 7 nitrogen and oxygen atoms in total. The lowest BCUT2D eigenvalue weighted by molar-refractivity contribution is 1.16. The molecule has 6 heterocycles. The van der Waals surface area contributed by atoms with Crippen LogP contribution in [0.4, 0.5) is 17.1 Å². The fourth-order valence-corrected chi connectivity index (χ4v) is 16.7. The number of aromatic nitrogens is 6. The van der Waals surface area contributed by atoms with Crippen molar-refractivity contribution in [2.75, 3.05) is 4.90 Å². The number of rotatable bonds is 9. The van der Waals surface area contributed by atoms with Gasteiger partial charge in [-0.2, -0.15) is 0 Å². The molecule has 21 aromatic rings. The molecule has 0 unspecified atom stereocenters. The van der Waals surface area contributed by atoms with Crippen molar-refractivity contribution in [2.24, 2.45) is 0 Å². The molecule has 0 bridgehead atoms. The number of para-hydroxylation sites is 9. The number of hydrogen-bond acceptors (Lipinski definition) is 1. The monoisotopic (exact) mass is 1240 g/mol. The van der Waals surface area contributed by atoms with E-state index in [-0.39, 0.29) is 0 Å². The molecule has 0 fully saturated rings. The van der Waals surface area contributed by atoms with Crippen molar-refractivity contribution >= 4 is 148 Å². The van der Waals surface area contributed by atoms with Gasteiger partial charge in [-0.3, -0.25) is 0 Å². The van der Waals surface area contributed by atoms with Crippen molar-refractivity contribution in [2.45, 2.75) is 0 Å². The Labute approximate surface area is 556 Å². The van der Waals surface area contributed by atoms with Gasteiger partial charge >= 0.3 is 0 Å². The normalized spacial score (nSPS) is 12.1. The van der Waals surface area contributed by atoms with Gasteiger partial charge < -0.3 is 32.3 Å². The first-order valence-electron chi connectivity index (χ1n) is 33.3. The smallest absolute Gasteiger partial charge is 0.0548 e. The van der Waals surface area contributed by atoms with E-state index in [1.807, 2.05) is 0 Å². The average Bonchev–Trinajstić information content (AvgIpc) is 1.56. The van der Waals surface area contributed by atoms with Gasteiger partial charge in [0, 0.05) is 116 Å². The maximum absolute atomic E-state index is 2.45. The Hall–Kier alpha value is -13.1. The molecule has 0 aliphatic carbocycles. The van der Waals surface area contributed by atoms with Crippen LogP contribution in [0, 0.1) is 0 Å². The zero-order valence-corrected chi connectivity index (χ0v) is 52.5. The van der Waals surface area contributed by atoms with Gasteiger partial charge in [0.05, 0.1) is 66.2 Å². The number of anilines is 3. The van der Waals surface area contributed by atoms with Crippen molar-refractivity contribution in [1.82, 2.24) is 27.4 Å². The van der Waals surface area contributed by atoms with Crippen LogP contribution >= 0.6 is 0 Å². The lowest BCUT2D eigenvalue weighted by atomic mass is 10.1. The van der Waals surface area contributed by atoms with Gasteiger partial charge in [-0.1, -0.05) is 164 Å². The second kappa shape index (κ2) is 20.7. The highest BCUT2D eigenvalue weighted by Gasteiger charge is 2.26. The summed E-state index contributed by atoms with van der Waals surface area (Å²) in [4.78, 5) is 2.41. The van der Waals surface area contributed by atoms with E-state index in [1.54, 1.807) is 0 Å². The zero-order chi connectivity index (χ0) is 63.4. The number of benzene rings is 15. The van der Waals surface area contributed by atoms with E-state index in [1.165, 1.54) is 114 Å². The molecule has 0 atom stereocenters. The fourth-order valence-electron chi connectivity index (χ4n) is 16.7. The first-order valence-corrected chi connectivity index (χ1v) is 33.3. The van der Waals surface area contributed by atoms with Gasteiger partial charge in [-0.05, 0) is 182 Å². The lowest BCUT2D eigenvalue weighted by Gasteiger charge is -2.26. The number of hydrogen-bond donors (Lipinski definition) is 0. The summed E-state index contributed by atoms with van der Waals surface area (Å²) in [6.07, 6.45) is 0. The molecule has 0 amide bonds. The van der Waals surface area contributed by atoms with Gasteiger partial charge in [-0.25, -0.2) is 0 Å². The molecule has 0 saturated carbocycles. The summed E-state index contributed by atoms with van der Waals surface area (Å²) in [5, 5.41) is 14.9. The Morgan fingerprint density at radius 2 is 0.299 bits per heavy atom. The van der Waals surface area contributed by atoms with Crippen LogP contribution in [-0.4, -0.2) is 27.4 Å². The Morgan fingerprint density at radius 1 is 0.134 bits per heavy atom. The third-order valence-electron chi connectivity index (χ3n) is 20.6. The third kappa shape index (κ3) is 7.67. The van der Waals surface area contributed by atoms with Crippen LogP contribution in [-0.2, 0) is 0 Å². The second-order valence-electron chi connectivity index (χ2n) is 25.6. The molecule has 0 radical (unpaired) electrons. The summed E-state index contributed by atoms with van der Waals surface area (Å²) in [7, 11) is 0. The van der Waals surface area contributed by atoms with Crippen molar-refractivity contribution in [1.29, 1.82) is 0 Å². The standard InChI is InChI=1S/C90H57N7/c1-4-22-58(23-5-1)92-73-34-16-10-28-67(73)85-79(92)52-55-82-88(85)70-31-13-19-37-76(70)95(82)64-46-40-61(41-47-64)91(62-42-48-65(49-43-62)96-77-38-20-14-32-71(77)89-83(96)56-53-80-86(89)68-29-11-17-35-74(68)93(80)59-24-6-2-7-25-59)63-44-50-66(51-45-63)97-78-39-21-15-33-72(78)90-84(97)57-54-81-87(90)69-30-12-18-36-75(69)94(81)60-26-8-3-9-27-60/h1-57H. The minimum Gasteiger partial charge on any atom is -0.310 e. The first-order chi connectivity index (χ1) is 48.2. The Bertz CT molecular complexity index is 6110. The Kier molecular flexibility index (Phi) is 11.4. The van der Waals surface area contributed by atoms with Gasteiger partial charge in [-0.15, -0.1) is 0 Å². The van der Waals surface area contributed by atoms with E-state index < -0.39 is 0 Å². The van der Waals surface area contributed by atoms with Crippen LogP contribution < -0.4 is 4.90 Å². The Balaban J connectivity index is 0.734. The molecule has 15 aromatic carbocycles. The Morgan fingerprint density at radius 3 is 0.495 bits per heavy atom.